The summed E-state index contributed by atoms with van der Waals surface area (Å²) in [6.45, 7) is 4.21. The monoisotopic (exact) mass is 197 g/mol. The largest absolute Gasteiger partial charge is 0.311 e. The molecular formula is C12H23NO. The molecule has 0 aromatic rings. The van der Waals surface area contributed by atoms with E-state index in [-0.39, 0.29) is 6.04 Å². The maximum atomic E-state index is 11.9. The Kier molecular flexibility index (Phi) is 4.59. The van der Waals surface area contributed by atoms with Crippen LogP contribution in [0.3, 0.4) is 0 Å². The average molecular weight is 197 g/mol. The molecule has 14 heavy (non-hydrogen) atoms. The molecule has 0 spiro atoms. The van der Waals surface area contributed by atoms with Gasteiger partial charge in [-0.25, -0.2) is 0 Å². The van der Waals surface area contributed by atoms with Gasteiger partial charge in [0.2, 0.25) is 0 Å². The molecule has 0 amide bonds. The van der Waals surface area contributed by atoms with E-state index in [1.54, 1.807) is 0 Å². The lowest BCUT2D eigenvalue weighted by Gasteiger charge is -2.29. The minimum absolute atomic E-state index is 0.0376. The van der Waals surface area contributed by atoms with Crippen LogP contribution in [0.25, 0.3) is 0 Å². The first kappa shape index (κ1) is 11.7. The molecule has 2 heteroatoms. The van der Waals surface area contributed by atoms with E-state index in [1.165, 1.54) is 19.3 Å². The van der Waals surface area contributed by atoms with Crippen molar-refractivity contribution in [1.29, 1.82) is 0 Å². The van der Waals surface area contributed by atoms with Gasteiger partial charge in [-0.1, -0.05) is 26.2 Å². The fraction of sp³-hybridized carbons (Fsp3) is 0.917. The van der Waals surface area contributed by atoms with Gasteiger partial charge in [-0.15, -0.1) is 0 Å². The highest BCUT2D eigenvalue weighted by Crippen LogP contribution is 2.31. The minimum Gasteiger partial charge on any atom is -0.311 e. The van der Waals surface area contributed by atoms with Gasteiger partial charge in [-0.2, -0.15) is 0 Å². The zero-order valence-corrected chi connectivity index (χ0v) is 9.68. The van der Waals surface area contributed by atoms with Gasteiger partial charge >= 0.3 is 0 Å². The summed E-state index contributed by atoms with van der Waals surface area (Å²) in [5, 5.41) is 3.05. The second kappa shape index (κ2) is 5.50. The van der Waals surface area contributed by atoms with Crippen LogP contribution >= 0.6 is 0 Å². The fourth-order valence-corrected chi connectivity index (χ4v) is 2.42. The Labute approximate surface area is 87.5 Å². The van der Waals surface area contributed by atoms with Crippen molar-refractivity contribution in [3.8, 4) is 0 Å². The van der Waals surface area contributed by atoms with Crippen molar-refractivity contribution >= 4 is 5.78 Å². The molecule has 2 nitrogen and oxygen atoms in total. The smallest absolute Gasteiger partial charge is 0.152 e. The molecule has 1 aliphatic rings. The van der Waals surface area contributed by atoms with Crippen molar-refractivity contribution in [1.82, 2.24) is 5.32 Å². The molecule has 3 atom stereocenters. The molecule has 1 saturated carbocycles. The molecule has 1 N–H and O–H groups in total. The summed E-state index contributed by atoms with van der Waals surface area (Å²) in [5.41, 5.74) is 0. The number of hydrogen-bond donors (Lipinski definition) is 1. The van der Waals surface area contributed by atoms with Gasteiger partial charge in [0.25, 0.3) is 0 Å². The van der Waals surface area contributed by atoms with Crippen LogP contribution in [0.15, 0.2) is 0 Å². The topological polar surface area (TPSA) is 29.1 Å². The molecule has 0 heterocycles. The van der Waals surface area contributed by atoms with Crippen LogP contribution in [-0.2, 0) is 4.79 Å². The van der Waals surface area contributed by atoms with Gasteiger partial charge in [0.1, 0.15) is 0 Å². The van der Waals surface area contributed by atoms with Crippen molar-refractivity contribution < 1.29 is 4.79 Å². The summed E-state index contributed by atoms with van der Waals surface area (Å²) in [7, 11) is 1.86. The van der Waals surface area contributed by atoms with Crippen LogP contribution in [-0.4, -0.2) is 18.9 Å². The highest BCUT2D eigenvalue weighted by atomic mass is 16.1. The van der Waals surface area contributed by atoms with Crippen molar-refractivity contribution in [2.75, 3.05) is 7.05 Å². The van der Waals surface area contributed by atoms with Gasteiger partial charge in [0.05, 0.1) is 6.04 Å². The third-order valence-electron chi connectivity index (χ3n) is 3.62. The van der Waals surface area contributed by atoms with Crippen LogP contribution in [0.5, 0.6) is 0 Å². The minimum atomic E-state index is 0.0376. The van der Waals surface area contributed by atoms with Crippen LogP contribution < -0.4 is 5.32 Å². The number of carbonyl (C=O) groups is 1. The lowest BCUT2D eigenvalue weighted by Crippen LogP contribution is -2.37. The molecule has 1 aliphatic carbocycles. The molecule has 0 aromatic heterocycles. The zero-order chi connectivity index (χ0) is 10.6. The second-order valence-corrected chi connectivity index (χ2v) is 4.55. The Morgan fingerprint density at radius 2 is 2.21 bits per heavy atom. The van der Waals surface area contributed by atoms with Gasteiger partial charge < -0.3 is 5.32 Å². The summed E-state index contributed by atoms with van der Waals surface area (Å²) < 4.78 is 0. The van der Waals surface area contributed by atoms with Crippen molar-refractivity contribution in [3.05, 3.63) is 0 Å². The number of hydrogen-bond acceptors (Lipinski definition) is 2. The third kappa shape index (κ3) is 2.81. The maximum absolute atomic E-state index is 11.9. The van der Waals surface area contributed by atoms with E-state index < -0.39 is 0 Å². The standard InChI is InChI=1S/C12H23NO/c1-4-10-6-5-7-11(8-10)12(14)9(2)13-3/h9-11,13H,4-8H2,1-3H3. The first-order valence-electron chi connectivity index (χ1n) is 5.90. The first-order chi connectivity index (χ1) is 6.69. The third-order valence-corrected chi connectivity index (χ3v) is 3.62. The molecule has 0 aromatic carbocycles. The molecule has 82 valence electrons. The lowest BCUT2D eigenvalue weighted by atomic mass is 9.77. The molecular weight excluding hydrogens is 174 g/mol. The molecule has 0 saturated heterocycles. The molecule has 1 fully saturated rings. The molecule has 1 rings (SSSR count). The number of ketones is 1. The second-order valence-electron chi connectivity index (χ2n) is 4.55. The summed E-state index contributed by atoms with van der Waals surface area (Å²) in [4.78, 5) is 11.9. The van der Waals surface area contributed by atoms with Gasteiger partial charge in [0.15, 0.2) is 5.78 Å². The number of rotatable bonds is 4. The Morgan fingerprint density at radius 1 is 1.50 bits per heavy atom. The van der Waals surface area contributed by atoms with E-state index in [0.29, 0.717) is 11.7 Å². The first-order valence-corrected chi connectivity index (χ1v) is 5.90. The molecule has 0 radical (unpaired) electrons. The van der Waals surface area contributed by atoms with Crippen molar-refractivity contribution in [3.63, 3.8) is 0 Å². The zero-order valence-electron chi connectivity index (χ0n) is 9.68. The number of Topliss-reactive ketones (excluding diaryl/α,β-unsaturated/α-hetero) is 1. The van der Waals surface area contributed by atoms with E-state index in [4.69, 9.17) is 0 Å². The van der Waals surface area contributed by atoms with Gasteiger partial charge in [0, 0.05) is 5.92 Å². The summed E-state index contributed by atoms with van der Waals surface area (Å²) in [5.74, 6) is 1.54. The SMILES string of the molecule is CCC1CCCC(C(=O)C(C)NC)C1. The fourth-order valence-electron chi connectivity index (χ4n) is 2.42. The maximum Gasteiger partial charge on any atom is 0.152 e. The van der Waals surface area contributed by atoms with E-state index >= 15 is 0 Å². The van der Waals surface area contributed by atoms with Gasteiger partial charge in [-0.05, 0) is 32.7 Å². The summed E-state index contributed by atoms with van der Waals surface area (Å²) >= 11 is 0. The Hall–Kier alpha value is -0.370. The van der Waals surface area contributed by atoms with E-state index in [1.807, 2.05) is 14.0 Å². The van der Waals surface area contributed by atoms with Crippen LogP contribution in [0.1, 0.15) is 46.0 Å². The number of likely N-dealkylation sites (N-methyl/N-ethyl adjacent to an activating group) is 1. The van der Waals surface area contributed by atoms with Crippen molar-refractivity contribution in [2.45, 2.75) is 52.0 Å². The summed E-state index contributed by atoms with van der Waals surface area (Å²) in [6.07, 6.45) is 6.04. The Balaban J connectivity index is 2.47. The van der Waals surface area contributed by atoms with E-state index in [9.17, 15) is 4.79 Å². The highest BCUT2D eigenvalue weighted by molar-refractivity contribution is 5.85. The quantitative estimate of drug-likeness (QED) is 0.749. The molecule has 0 bridgehead atoms. The van der Waals surface area contributed by atoms with Gasteiger partial charge in [-0.3, -0.25) is 4.79 Å². The van der Waals surface area contributed by atoms with E-state index in [0.717, 1.165) is 18.8 Å². The predicted molar refractivity (Wildman–Crippen MR) is 59.3 cm³/mol. The lowest BCUT2D eigenvalue weighted by molar-refractivity contribution is -0.125. The Morgan fingerprint density at radius 3 is 2.79 bits per heavy atom. The number of nitrogens with one attached hydrogen (secondary N) is 1. The molecule has 0 aliphatic heterocycles. The van der Waals surface area contributed by atoms with Crippen LogP contribution in [0.4, 0.5) is 0 Å². The van der Waals surface area contributed by atoms with Crippen LogP contribution in [0, 0.1) is 11.8 Å². The highest BCUT2D eigenvalue weighted by Gasteiger charge is 2.28. The van der Waals surface area contributed by atoms with Crippen molar-refractivity contribution in [2.24, 2.45) is 11.8 Å². The molecule has 3 unspecified atom stereocenters. The summed E-state index contributed by atoms with van der Waals surface area (Å²) in [6, 6.07) is 0.0376. The normalized spacial score (nSPS) is 29.9. The van der Waals surface area contributed by atoms with Crippen LogP contribution in [0.2, 0.25) is 0 Å². The Bertz CT molecular complexity index is 191. The van der Waals surface area contributed by atoms with E-state index in [2.05, 4.69) is 12.2 Å². The predicted octanol–water partition coefficient (Wildman–Crippen LogP) is 2.38. The number of carbonyl (C=O) groups excluding carboxylic acids is 1. The average Bonchev–Trinajstić information content (AvgIpc) is 2.27.